The molecule has 0 spiro atoms. The van der Waals surface area contributed by atoms with Crippen molar-refractivity contribution < 1.29 is 32.6 Å². The SMILES string of the molecule is CC(=O)Nc1ccc(NC(=O)COC(=O)c2ccccc2OC(F)F)cc1. The number of anilines is 2. The van der Waals surface area contributed by atoms with E-state index in [2.05, 4.69) is 15.4 Å². The van der Waals surface area contributed by atoms with Crippen molar-refractivity contribution in [1.82, 2.24) is 0 Å². The number of halogens is 2. The lowest BCUT2D eigenvalue weighted by Gasteiger charge is -2.10. The van der Waals surface area contributed by atoms with Crippen LogP contribution in [-0.4, -0.2) is 31.0 Å². The highest BCUT2D eigenvalue weighted by molar-refractivity contribution is 5.97. The van der Waals surface area contributed by atoms with Gasteiger partial charge < -0.3 is 20.1 Å². The van der Waals surface area contributed by atoms with Crippen molar-refractivity contribution in [2.24, 2.45) is 0 Å². The van der Waals surface area contributed by atoms with E-state index in [0.29, 0.717) is 11.4 Å². The highest BCUT2D eigenvalue weighted by Crippen LogP contribution is 2.21. The molecule has 0 saturated carbocycles. The van der Waals surface area contributed by atoms with E-state index in [-0.39, 0.29) is 17.2 Å². The van der Waals surface area contributed by atoms with Gasteiger partial charge in [-0.25, -0.2) is 4.79 Å². The van der Waals surface area contributed by atoms with Crippen LogP contribution in [0.2, 0.25) is 0 Å². The van der Waals surface area contributed by atoms with E-state index in [1.165, 1.54) is 31.2 Å². The second-order valence-corrected chi connectivity index (χ2v) is 5.26. The lowest BCUT2D eigenvalue weighted by molar-refractivity contribution is -0.119. The summed E-state index contributed by atoms with van der Waals surface area (Å²) >= 11 is 0. The molecular weight excluding hydrogens is 362 g/mol. The lowest BCUT2D eigenvalue weighted by atomic mass is 10.2. The van der Waals surface area contributed by atoms with E-state index < -0.39 is 25.1 Å². The second-order valence-electron chi connectivity index (χ2n) is 5.26. The van der Waals surface area contributed by atoms with Gasteiger partial charge in [-0.1, -0.05) is 12.1 Å². The molecule has 142 valence electrons. The van der Waals surface area contributed by atoms with Gasteiger partial charge in [0.1, 0.15) is 11.3 Å². The van der Waals surface area contributed by atoms with Gasteiger partial charge in [-0.15, -0.1) is 0 Å². The normalized spacial score (nSPS) is 10.2. The first-order valence-electron chi connectivity index (χ1n) is 7.73. The number of amides is 2. The number of nitrogens with one attached hydrogen (secondary N) is 2. The van der Waals surface area contributed by atoms with Crippen molar-refractivity contribution >= 4 is 29.2 Å². The standard InChI is InChI=1S/C18H16F2N2O5/c1-11(23)21-12-6-8-13(9-7-12)22-16(24)10-26-17(25)14-4-2-3-5-15(14)27-18(19)20/h2-9,18H,10H2,1H3,(H,21,23)(H,22,24). The molecule has 9 heteroatoms. The van der Waals surface area contributed by atoms with Crippen LogP contribution in [0.15, 0.2) is 48.5 Å². The Bertz CT molecular complexity index is 825. The van der Waals surface area contributed by atoms with Crippen LogP contribution in [0.25, 0.3) is 0 Å². The molecule has 0 radical (unpaired) electrons. The van der Waals surface area contributed by atoms with Crippen molar-refractivity contribution in [3.05, 3.63) is 54.1 Å². The summed E-state index contributed by atoms with van der Waals surface area (Å²) in [6.07, 6.45) is 0. The van der Waals surface area contributed by atoms with Crippen molar-refractivity contribution in [3.8, 4) is 5.75 Å². The Labute approximate surface area is 153 Å². The Morgan fingerprint density at radius 3 is 2.15 bits per heavy atom. The largest absolute Gasteiger partial charge is 0.452 e. The minimum atomic E-state index is -3.09. The number of ether oxygens (including phenoxy) is 2. The third-order valence-electron chi connectivity index (χ3n) is 3.15. The maximum atomic E-state index is 12.4. The molecule has 0 aliphatic rings. The first-order chi connectivity index (χ1) is 12.8. The van der Waals surface area contributed by atoms with Gasteiger partial charge in [-0.2, -0.15) is 8.78 Å². The molecule has 0 aliphatic heterocycles. The van der Waals surface area contributed by atoms with Crippen molar-refractivity contribution in [3.63, 3.8) is 0 Å². The molecule has 2 amide bonds. The van der Waals surface area contributed by atoms with E-state index >= 15 is 0 Å². The number of carbonyl (C=O) groups is 3. The second kappa shape index (κ2) is 9.27. The van der Waals surface area contributed by atoms with Gasteiger partial charge in [0.25, 0.3) is 5.91 Å². The number of hydrogen-bond donors (Lipinski definition) is 2. The summed E-state index contributed by atoms with van der Waals surface area (Å²) < 4.78 is 33.8. The number of para-hydroxylation sites is 1. The zero-order chi connectivity index (χ0) is 19.8. The summed E-state index contributed by atoms with van der Waals surface area (Å²) in [5.41, 5.74) is 0.763. The summed E-state index contributed by atoms with van der Waals surface area (Å²) in [5, 5.41) is 5.07. The van der Waals surface area contributed by atoms with Gasteiger partial charge in [-0.3, -0.25) is 9.59 Å². The predicted octanol–water partition coefficient (Wildman–Crippen LogP) is 3.04. The Balaban J connectivity index is 1.90. The minimum absolute atomic E-state index is 0.217. The van der Waals surface area contributed by atoms with Gasteiger partial charge in [0.05, 0.1) is 0 Å². The molecule has 2 aromatic rings. The smallest absolute Gasteiger partial charge is 0.387 e. The number of esters is 1. The summed E-state index contributed by atoms with van der Waals surface area (Å²) in [6, 6.07) is 11.6. The average molecular weight is 378 g/mol. The topological polar surface area (TPSA) is 93.7 Å². The first-order valence-corrected chi connectivity index (χ1v) is 7.73. The van der Waals surface area contributed by atoms with Crippen molar-refractivity contribution in [2.45, 2.75) is 13.5 Å². The van der Waals surface area contributed by atoms with E-state index in [4.69, 9.17) is 4.74 Å². The van der Waals surface area contributed by atoms with Crippen LogP contribution in [0.4, 0.5) is 20.2 Å². The fourth-order valence-electron chi connectivity index (χ4n) is 2.08. The summed E-state index contributed by atoms with van der Waals surface area (Å²) in [4.78, 5) is 34.8. The third kappa shape index (κ3) is 6.38. The molecule has 0 bridgehead atoms. The van der Waals surface area contributed by atoms with Crippen molar-refractivity contribution in [1.29, 1.82) is 0 Å². The molecule has 2 rings (SSSR count). The summed E-state index contributed by atoms with van der Waals surface area (Å²) in [6.45, 7) is -2.34. The van der Waals surface area contributed by atoms with Crippen LogP contribution in [0.5, 0.6) is 5.75 Å². The number of alkyl halides is 2. The van der Waals surface area contributed by atoms with Crippen LogP contribution in [-0.2, 0) is 14.3 Å². The van der Waals surface area contributed by atoms with Gasteiger partial charge >= 0.3 is 12.6 Å². The van der Waals surface area contributed by atoms with E-state index in [1.54, 1.807) is 24.3 Å². The number of carbonyl (C=O) groups excluding carboxylic acids is 3. The maximum Gasteiger partial charge on any atom is 0.387 e. The third-order valence-corrected chi connectivity index (χ3v) is 3.15. The lowest BCUT2D eigenvalue weighted by Crippen LogP contribution is -2.21. The van der Waals surface area contributed by atoms with Crippen LogP contribution < -0.4 is 15.4 Å². The molecule has 27 heavy (non-hydrogen) atoms. The van der Waals surface area contributed by atoms with Crippen molar-refractivity contribution in [2.75, 3.05) is 17.2 Å². The number of benzene rings is 2. The van der Waals surface area contributed by atoms with E-state index in [0.717, 1.165) is 0 Å². The quantitative estimate of drug-likeness (QED) is 0.723. The fraction of sp³-hybridized carbons (Fsp3) is 0.167. The Hall–Kier alpha value is -3.49. The predicted molar refractivity (Wildman–Crippen MR) is 92.7 cm³/mol. The molecule has 0 fully saturated rings. The Kier molecular flexibility index (Phi) is 6.81. The summed E-state index contributed by atoms with van der Waals surface area (Å²) in [5.74, 6) is -2.16. The molecular formula is C18H16F2N2O5. The highest BCUT2D eigenvalue weighted by Gasteiger charge is 2.17. The summed E-state index contributed by atoms with van der Waals surface area (Å²) in [7, 11) is 0. The fourth-order valence-corrected chi connectivity index (χ4v) is 2.08. The molecule has 7 nitrogen and oxygen atoms in total. The molecule has 0 heterocycles. The molecule has 0 atom stereocenters. The molecule has 2 N–H and O–H groups in total. The number of hydrogen-bond acceptors (Lipinski definition) is 5. The van der Waals surface area contributed by atoms with Gasteiger partial charge in [0, 0.05) is 18.3 Å². The first kappa shape index (κ1) is 19.8. The average Bonchev–Trinajstić information content (AvgIpc) is 2.61. The van der Waals surface area contributed by atoms with Gasteiger partial charge in [0.2, 0.25) is 5.91 Å². The molecule has 0 unspecified atom stereocenters. The number of rotatable bonds is 7. The van der Waals surface area contributed by atoms with Gasteiger partial charge in [0.15, 0.2) is 6.61 Å². The minimum Gasteiger partial charge on any atom is -0.452 e. The zero-order valence-corrected chi connectivity index (χ0v) is 14.2. The van der Waals surface area contributed by atoms with Crippen LogP contribution in [0, 0.1) is 0 Å². The van der Waals surface area contributed by atoms with Gasteiger partial charge in [-0.05, 0) is 36.4 Å². The monoisotopic (exact) mass is 378 g/mol. The molecule has 0 aromatic heterocycles. The molecule has 0 saturated heterocycles. The molecule has 0 aliphatic carbocycles. The Morgan fingerprint density at radius 1 is 0.963 bits per heavy atom. The van der Waals surface area contributed by atoms with Crippen LogP contribution >= 0.6 is 0 Å². The van der Waals surface area contributed by atoms with E-state index in [1.807, 2.05) is 0 Å². The molecule has 2 aromatic carbocycles. The highest BCUT2D eigenvalue weighted by atomic mass is 19.3. The Morgan fingerprint density at radius 2 is 1.56 bits per heavy atom. The maximum absolute atomic E-state index is 12.4. The van der Waals surface area contributed by atoms with E-state index in [9.17, 15) is 23.2 Å². The van der Waals surface area contributed by atoms with Crippen LogP contribution in [0.3, 0.4) is 0 Å². The van der Waals surface area contributed by atoms with Crippen LogP contribution in [0.1, 0.15) is 17.3 Å². The zero-order valence-electron chi connectivity index (χ0n) is 14.2.